The van der Waals surface area contributed by atoms with E-state index in [4.69, 9.17) is 11.5 Å². The Morgan fingerprint density at radius 3 is 1.21 bits per heavy atom. The minimum Gasteiger partial charge on any atom is -0.480 e. The second-order valence-corrected chi connectivity index (χ2v) is 23.3. The minimum atomic E-state index is -1.28. The van der Waals surface area contributed by atoms with Gasteiger partial charge in [0.15, 0.2) is 0 Å². The van der Waals surface area contributed by atoms with Crippen LogP contribution in [0.15, 0.2) is 30.3 Å². The highest BCUT2D eigenvalue weighted by molar-refractivity contribution is 7.98. The van der Waals surface area contributed by atoms with E-state index in [1.807, 2.05) is 34.0 Å². The van der Waals surface area contributed by atoms with Crippen LogP contribution in [0.4, 0.5) is 0 Å². The number of carbonyl (C=O) groups excluding carboxylic acids is 9. The first-order valence-corrected chi connectivity index (χ1v) is 28.8. The highest BCUT2D eigenvalue weighted by Gasteiger charge is 2.37. The molecule has 1 rings (SSSR count). The molecule has 442 valence electrons. The maximum absolute atomic E-state index is 14.2. The van der Waals surface area contributed by atoms with Crippen molar-refractivity contribution in [2.45, 2.75) is 195 Å². The Kier molecular flexibility index (Phi) is 32.1. The van der Waals surface area contributed by atoms with Crippen LogP contribution in [0.5, 0.6) is 0 Å². The summed E-state index contributed by atoms with van der Waals surface area (Å²) in [7, 11) is 0. The van der Waals surface area contributed by atoms with E-state index in [9.17, 15) is 53.1 Å². The van der Waals surface area contributed by atoms with Gasteiger partial charge in [-0.15, -0.1) is 0 Å². The summed E-state index contributed by atoms with van der Waals surface area (Å²) in [5, 5.41) is 34.2. The third-order valence-electron chi connectivity index (χ3n) is 12.9. The van der Waals surface area contributed by atoms with Crippen LogP contribution in [0.1, 0.15) is 134 Å². The molecule has 0 spiro atoms. The maximum Gasteiger partial charge on any atom is 0.326 e. The Hall–Kier alpha value is -5.81. The first kappa shape index (κ1) is 70.2. The molecule has 0 radical (unpaired) electrons. The van der Waals surface area contributed by atoms with Gasteiger partial charge in [-0.1, -0.05) is 120 Å². The monoisotopic (exact) mass is 1120 g/mol. The van der Waals surface area contributed by atoms with Gasteiger partial charge in [0.25, 0.3) is 0 Å². The molecule has 9 amide bonds. The largest absolute Gasteiger partial charge is 0.480 e. The Balaban J connectivity index is 3.25. The topological polar surface area (TPSA) is 351 Å². The molecule has 78 heavy (non-hydrogen) atoms. The molecule has 0 fully saturated rings. The van der Waals surface area contributed by atoms with Gasteiger partial charge in [0.2, 0.25) is 53.2 Å². The zero-order valence-electron chi connectivity index (χ0n) is 48.6. The number of rotatable bonds is 36. The molecule has 0 aliphatic heterocycles. The first-order valence-electron chi connectivity index (χ1n) is 27.4. The molecule has 1 aromatic carbocycles. The Labute approximate surface area is 466 Å². The smallest absolute Gasteiger partial charge is 0.326 e. The molecule has 0 saturated carbocycles. The predicted octanol–water partition coefficient (Wildman–Crippen LogP) is 1.62. The quantitative estimate of drug-likeness (QED) is 0.0425. The fraction of sp³-hybridized carbons (Fsp3) is 0.709. The van der Waals surface area contributed by atoms with Crippen LogP contribution in [-0.4, -0.2) is 143 Å². The molecule has 0 saturated heterocycles. The van der Waals surface area contributed by atoms with Crippen molar-refractivity contribution in [3.8, 4) is 0 Å². The van der Waals surface area contributed by atoms with Crippen molar-refractivity contribution >= 4 is 70.9 Å². The number of thioether (sulfide) groups is 1. The third kappa shape index (κ3) is 25.3. The number of amides is 9. The highest BCUT2D eigenvalue weighted by Crippen LogP contribution is 2.15. The summed E-state index contributed by atoms with van der Waals surface area (Å²) < 4.78 is 0. The summed E-state index contributed by atoms with van der Waals surface area (Å²) in [5.41, 5.74) is 12.4. The van der Waals surface area contributed by atoms with Crippen molar-refractivity contribution < 1.29 is 53.1 Å². The minimum absolute atomic E-state index is 0.00880. The summed E-state index contributed by atoms with van der Waals surface area (Å²) in [4.78, 5) is 136. The maximum atomic E-state index is 14.2. The molecule has 0 unspecified atom stereocenters. The standard InChI is InChI=1S/C55H95N11O11S/c1-29(2)26-39(49(70)65-42(31(5)6)51(72)58-35(13)46(67)63-43(32(7)8)54(75)62-41(55(76)77)28-36-20-16-15-17-21-36)61-53(74)45(34(11)12)66-50(71)40(27-30(3)4)60-52(73)44(33(9)10)64-48(69)38(23-25-78-14)59-47(68)37(57)22-18-19-24-56/h15-17,20-21,29-35,37-45H,18-19,22-28,56-57H2,1-14H3,(H,58,72)(H,59,68)(H,60,73)(H,61,74)(H,62,75)(H,63,67)(H,64,69)(H,65,70)(H,66,71)(H,76,77)/t35-,37-,38-,39-,40-,41-,42-,43-,44-,45-/m0/s1. The molecule has 0 aromatic heterocycles. The van der Waals surface area contributed by atoms with E-state index < -0.39 is 143 Å². The Morgan fingerprint density at radius 1 is 0.462 bits per heavy atom. The molecule has 0 bridgehead atoms. The number of nitrogens with two attached hydrogens (primary N) is 2. The summed E-state index contributed by atoms with van der Waals surface area (Å²) >= 11 is 1.48. The number of hydrogen-bond donors (Lipinski definition) is 12. The van der Waals surface area contributed by atoms with Crippen molar-refractivity contribution in [1.82, 2.24) is 47.9 Å². The van der Waals surface area contributed by atoms with Crippen molar-refractivity contribution in [3.05, 3.63) is 35.9 Å². The van der Waals surface area contributed by atoms with E-state index in [1.54, 1.807) is 85.7 Å². The normalized spacial score (nSPS) is 15.4. The fourth-order valence-corrected chi connectivity index (χ4v) is 8.68. The van der Waals surface area contributed by atoms with Crippen molar-refractivity contribution in [3.63, 3.8) is 0 Å². The molecule has 1 aromatic rings. The van der Waals surface area contributed by atoms with E-state index >= 15 is 0 Å². The van der Waals surface area contributed by atoms with Crippen LogP contribution in [0, 0.1) is 35.5 Å². The average molecular weight is 1120 g/mol. The fourth-order valence-electron chi connectivity index (χ4n) is 8.21. The lowest BCUT2D eigenvalue weighted by molar-refractivity contribution is -0.142. The van der Waals surface area contributed by atoms with E-state index in [2.05, 4.69) is 47.9 Å². The van der Waals surface area contributed by atoms with E-state index in [1.165, 1.54) is 18.7 Å². The lowest BCUT2D eigenvalue weighted by Gasteiger charge is -2.31. The molecule has 22 nitrogen and oxygen atoms in total. The SMILES string of the molecule is CSCC[C@H](NC(=O)[C@@H](N)CCCCN)C(=O)N[C@H](C(=O)N[C@@H](CC(C)C)C(=O)N[C@H](C(=O)N[C@@H](CC(C)C)C(=O)N[C@H](C(=O)N[C@@H](C)C(=O)N[C@H](C(=O)N[C@@H](Cc1ccccc1)C(=O)O)C(C)C)C(C)C)C(C)C)C(C)C. The number of nitrogens with one attached hydrogen (secondary N) is 9. The van der Waals surface area contributed by atoms with E-state index in [-0.39, 0.29) is 37.5 Å². The molecule has 0 heterocycles. The number of carboxylic acid groups (broad SMARTS) is 1. The molecular weight excluding hydrogens is 1020 g/mol. The number of unbranched alkanes of at least 4 members (excludes halogenated alkanes) is 1. The summed E-state index contributed by atoms with van der Waals surface area (Å²) in [6.07, 6.45) is 4.15. The van der Waals surface area contributed by atoms with Gasteiger partial charge >= 0.3 is 5.97 Å². The van der Waals surface area contributed by atoms with Crippen LogP contribution in [-0.2, 0) is 54.4 Å². The van der Waals surface area contributed by atoms with Gasteiger partial charge in [0, 0.05) is 6.42 Å². The van der Waals surface area contributed by atoms with Gasteiger partial charge in [0.1, 0.15) is 54.4 Å². The lowest BCUT2D eigenvalue weighted by atomic mass is 9.97. The lowest BCUT2D eigenvalue weighted by Crippen LogP contribution is -2.62. The van der Waals surface area contributed by atoms with Crippen molar-refractivity contribution in [2.24, 2.45) is 47.0 Å². The zero-order valence-corrected chi connectivity index (χ0v) is 49.4. The van der Waals surface area contributed by atoms with Crippen LogP contribution >= 0.6 is 11.8 Å². The summed E-state index contributed by atoms with van der Waals surface area (Å²) in [6.45, 7) is 22.8. The molecule has 14 N–H and O–H groups in total. The van der Waals surface area contributed by atoms with Gasteiger partial charge in [-0.05, 0) is 98.7 Å². The van der Waals surface area contributed by atoms with Crippen LogP contribution in [0.25, 0.3) is 0 Å². The number of benzene rings is 1. The average Bonchev–Trinajstić information content (AvgIpc) is 3.35. The van der Waals surface area contributed by atoms with Crippen molar-refractivity contribution in [2.75, 3.05) is 18.6 Å². The molecule has 0 aliphatic carbocycles. The second-order valence-electron chi connectivity index (χ2n) is 22.4. The molecule has 23 heteroatoms. The van der Waals surface area contributed by atoms with Gasteiger partial charge in [-0.25, -0.2) is 4.79 Å². The van der Waals surface area contributed by atoms with Gasteiger partial charge in [0.05, 0.1) is 6.04 Å². The molecular formula is C55H95N11O11S. The highest BCUT2D eigenvalue weighted by atomic mass is 32.2. The molecule has 10 atom stereocenters. The number of aliphatic carboxylic acids is 1. The number of hydrogen-bond acceptors (Lipinski definition) is 13. The first-order chi connectivity index (χ1) is 36.4. The zero-order chi connectivity index (χ0) is 59.6. The Bertz CT molecular complexity index is 2110. The van der Waals surface area contributed by atoms with Crippen LogP contribution < -0.4 is 59.3 Å². The Morgan fingerprint density at radius 2 is 0.833 bits per heavy atom. The van der Waals surface area contributed by atoms with Crippen molar-refractivity contribution in [1.29, 1.82) is 0 Å². The van der Waals surface area contributed by atoms with Gasteiger partial charge in [-0.2, -0.15) is 11.8 Å². The predicted molar refractivity (Wildman–Crippen MR) is 303 cm³/mol. The van der Waals surface area contributed by atoms with Crippen LogP contribution in [0.3, 0.4) is 0 Å². The number of carboxylic acids is 1. The van der Waals surface area contributed by atoms with E-state index in [0.717, 1.165) is 0 Å². The van der Waals surface area contributed by atoms with Gasteiger partial charge < -0.3 is 64.4 Å². The second kappa shape index (κ2) is 35.6. The van der Waals surface area contributed by atoms with Gasteiger partial charge in [-0.3, -0.25) is 43.2 Å². The summed E-state index contributed by atoms with van der Waals surface area (Å²) in [6, 6.07) is -2.62. The third-order valence-corrected chi connectivity index (χ3v) is 13.5. The molecule has 0 aliphatic rings. The number of carbonyl (C=O) groups is 10. The van der Waals surface area contributed by atoms with Crippen LogP contribution in [0.2, 0.25) is 0 Å². The summed E-state index contributed by atoms with van der Waals surface area (Å²) in [5.74, 6) is -8.97. The van der Waals surface area contributed by atoms with E-state index in [0.29, 0.717) is 37.1 Å².